The minimum Gasteiger partial charge on any atom is -0.504 e. The fourth-order valence-corrected chi connectivity index (χ4v) is 9.61. The van der Waals surface area contributed by atoms with Gasteiger partial charge in [-0.25, -0.2) is 0 Å². The molecule has 1 saturated heterocycles. The maximum Gasteiger partial charge on any atom is 0.303 e. The highest BCUT2D eigenvalue weighted by Crippen LogP contribution is 2.71. The molecule has 13 nitrogen and oxygen atoms in total. The molecule has 0 amide bonds. The molecule has 5 rings (SSSR count). The molecule has 13 unspecified atom stereocenters. The number of esters is 1. The van der Waals surface area contributed by atoms with E-state index in [0.29, 0.717) is 16.7 Å². The number of phenolic OH excluding ortho intramolecular Hbond substituents is 1. The number of fused-ring (bicyclic) bond motifs is 5. The van der Waals surface area contributed by atoms with Crippen molar-refractivity contribution in [3.8, 4) is 11.5 Å². The topological polar surface area (TPSA) is 224 Å². The van der Waals surface area contributed by atoms with Crippen molar-refractivity contribution in [1.82, 2.24) is 0 Å². The van der Waals surface area contributed by atoms with E-state index in [2.05, 4.69) is 0 Å². The Labute approximate surface area is 291 Å². The summed E-state index contributed by atoms with van der Waals surface area (Å²) in [5, 5.41) is 86.8. The third-order valence-corrected chi connectivity index (χ3v) is 12.4. The molecule has 8 N–H and O–H groups in total. The first-order chi connectivity index (χ1) is 23.0. The van der Waals surface area contributed by atoms with Crippen molar-refractivity contribution in [2.45, 2.75) is 128 Å². The van der Waals surface area contributed by atoms with E-state index in [0.717, 1.165) is 0 Å². The van der Waals surface area contributed by atoms with Gasteiger partial charge in [-0.3, -0.25) is 9.59 Å². The van der Waals surface area contributed by atoms with Crippen LogP contribution in [0.5, 0.6) is 11.5 Å². The standard InChI is InChI=1S/C37H52O13/c1-17-19-9-10-24-34(5)14-22(41)31(37(8,47)25(42)11-12-33(3,4)50-18(2)39)35(34,6)15-26(43)36(24,7)20(19)13-21(40)30(17)49-32-29(46)28(45)27(44)23(16-38)48-32/h9-13,22-25,27-29,31-32,38,40-42,44-47H,14-16H2,1-8H3/b12-11+. The summed E-state index contributed by atoms with van der Waals surface area (Å²) in [5.41, 5.74) is -4.41. The summed E-state index contributed by atoms with van der Waals surface area (Å²) < 4.78 is 16.6. The van der Waals surface area contributed by atoms with Crippen molar-refractivity contribution >= 4 is 17.8 Å². The molecular formula is C37H52O13. The van der Waals surface area contributed by atoms with Crippen LogP contribution in [0.15, 0.2) is 24.3 Å². The van der Waals surface area contributed by atoms with Gasteiger partial charge in [0.2, 0.25) is 6.29 Å². The van der Waals surface area contributed by atoms with Crippen molar-refractivity contribution in [1.29, 1.82) is 0 Å². The molecule has 0 bridgehead atoms. The minimum atomic E-state index is -1.90. The molecule has 4 aliphatic rings. The van der Waals surface area contributed by atoms with Gasteiger partial charge in [0.25, 0.3) is 0 Å². The first-order valence-corrected chi connectivity index (χ1v) is 17.0. The zero-order valence-corrected chi connectivity index (χ0v) is 29.8. The molecule has 2 saturated carbocycles. The van der Waals surface area contributed by atoms with Crippen LogP contribution in [0.4, 0.5) is 0 Å². The van der Waals surface area contributed by atoms with Gasteiger partial charge in [-0.2, -0.15) is 0 Å². The molecule has 1 heterocycles. The van der Waals surface area contributed by atoms with E-state index < -0.39 is 94.8 Å². The molecule has 50 heavy (non-hydrogen) atoms. The summed E-state index contributed by atoms with van der Waals surface area (Å²) in [5.74, 6) is -2.59. The van der Waals surface area contributed by atoms with Crippen molar-refractivity contribution in [3.05, 3.63) is 41.0 Å². The van der Waals surface area contributed by atoms with Gasteiger partial charge in [0, 0.05) is 24.8 Å². The number of allylic oxidation sites excluding steroid dienone is 1. The molecular weight excluding hydrogens is 652 g/mol. The quantitative estimate of drug-likeness (QED) is 0.141. The summed E-state index contributed by atoms with van der Waals surface area (Å²) in [4.78, 5) is 26.1. The predicted octanol–water partition coefficient (Wildman–Crippen LogP) is 1.16. The summed E-state index contributed by atoms with van der Waals surface area (Å²) in [6, 6.07) is 1.43. The Kier molecular flexibility index (Phi) is 9.71. The third kappa shape index (κ3) is 5.70. The van der Waals surface area contributed by atoms with Crippen LogP contribution in [0.1, 0.15) is 78.0 Å². The number of Topliss-reactive ketones (excluding diaryl/α,β-unsaturated/α-hetero) is 1. The molecule has 1 aromatic carbocycles. The fourth-order valence-electron chi connectivity index (χ4n) is 9.61. The molecule has 1 aromatic rings. The second-order valence-corrected chi connectivity index (χ2v) is 16.1. The van der Waals surface area contributed by atoms with Gasteiger partial charge in [-0.05, 0) is 81.1 Å². The largest absolute Gasteiger partial charge is 0.504 e. The molecule has 0 radical (unpaired) electrons. The Hall–Kier alpha value is -2.88. The van der Waals surface area contributed by atoms with Crippen LogP contribution in [0.2, 0.25) is 0 Å². The Morgan fingerprint density at radius 2 is 1.74 bits per heavy atom. The van der Waals surface area contributed by atoms with Crippen LogP contribution < -0.4 is 4.74 Å². The Morgan fingerprint density at radius 3 is 2.34 bits per heavy atom. The summed E-state index contributed by atoms with van der Waals surface area (Å²) in [6.45, 7) is 12.6. The van der Waals surface area contributed by atoms with E-state index in [1.165, 1.54) is 32.1 Å². The Balaban J connectivity index is 1.50. The molecule has 278 valence electrons. The van der Waals surface area contributed by atoms with E-state index in [1.807, 2.05) is 26.0 Å². The SMILES string of the molecule is CC(=O)OC(C)(C)/C=C/C(O)C(C)(O)C1C(O)CC2(C)C3C=Cc4c(cc(O)c(OC5OC(CO)C(O)C(O)C5O)c4C)C3(C)C(=O)CC12C. The van der Waals surface area contributed by atoms with Crippen LogP contribution in [0.3, 0.4) is 0 Å². The van der Waals surface area contributed by atoms with E-state index in [-0.39, 0.29) is 30.1 Å². The minimum absolute atomic E-state index is 0.0556. The van der Waals surface area contributed by atoms with Crippen LogP contribution >= 0.6 is 0 Å². The molecule has 3 aliphatic carbocycles. The number of ketones is 1. The zero-order chi connectivity index (χ0) is 37.5. The number of rotatable bonds is 8. The van der Waals surface area contributed by atoms with Crippen molar-refractivity contribution in [2.24, 2.45) is 22.7 Å². The number of hydrogen-bond donors (Lipinski definition) is 8. The Bertz CT molecular complexity index is 1580. The van der Waals surface area contributed by atoms with E-state index in [4.69, 9.17) is 14.2 Å². The number of hydrogen-bond acceptors (Lipinski definition) is 13. The number of carbonyl (C=O) groups is 2. The van der Waals surface area contributed by atoms with Crippen LogP contribution in [0, 0.1) is 29.6 Å². The summed E-state index contributed by atoms with van der Waals surface area (Å²) >= 11 is 0. The number of ether oxygens (including phenoxy) is 3. The number of benzene rings is 1. The van der Waals surface area contributed by atoms with Gasteiger partial charge < -0.3 is 55.1 Å². The van der Waals surface area contributed by atoms with Gasteiger partial charge >= 0.3 is 5.97 Å². The zero-order valence-electron chi connectivity index (χ0n) is 29.8. The Morgan fingerprint density at radius 1 is 1.10 bits per heavy atom. The number of carbonyl (C=O) groups excluding carboxylic acids is 2. The first-order valence-electron chi connectivity index (χ1n) is 17.0. The number of aromatic hydroxyl groups is 1. The molecule has 1 aliphatic heterocycles. The number of phenols is 1. The van der Waals surface area contributed by atoms with Crippen LogP contribution in [-0.2, 0) is 24.5 Å². The second-order valence-electron chi connectivity index (χ2n) is 16.1. The molecule has 0 spiro atoms. The third-order valence-electron chi connectivity index (χ3n) is 12.4. The number of aliphatic hydroxyl groups is 7. The first kappa shape index (κ1) is 38.4. The smallest absolute Gasteiger partial charge is 0.303 e. The van der Waals surface area contributed by atoms with Gasteiger partial charge in [0.15, 0.2) is 11.5 Å². The lowest BCUT2D eigenvalue weighted by Crippen LogP contribution is -2.63. The highest BCUT2D eigenvalue weighted by atomic mass is 16.7. The van der Waals surface area contributed by atoms with E-state index in [9.17, 15) is 50.4 Å². The van der Waals surface area contributed by atoms with Gasteiger partial charge in [0.1, 0.15) is 41.9 Å². The lowest BCUT2D eigenvalue weighted by Gasteiger charge is -2.60. The average Bonchev–Trinajstić information content (AvgIpc) is 3.22. The fraction of sp³-hybridized carbons (Fsp3) is 0.676. The predicted molar refractivity (Wildman–Crippen MR) is 179 cm³/mol. The maximum atomic E-state index is 14.6. The maximum absolute atomic E-state index is 14.6. The summed E-state index contributed by atoms with van der Waals surface area (Å²) in [7, 11) is 0. The van der Waals surface area contributed by atoms with Gasteiger partial charge in [0.05, 0.1) is 23.7 Å². The van der Waals surface area contributed by atoms with Gasteiger partial charge in [-0.15, -0.1) is 0 Å². The molecule has 0 aromatic heterocycles. The van der Waals surface area contributed by atoms with E-state index in [1.54, 1.807) is 27.7 Å². The van der Waals surface area contributed by atoms with Crippen molar-refractivity contribution < 1.29 is 64.7 Å². The molecule has 13 atom stereocenters. The second kappa shape index (κ2) is 12.7. The van der Waals surface area contributed by atoms with Crippen LogP contribution in [0.25, 0.3) is 6.08 Å². The lowest BCUT2D eigenvalue weighted by molar-refractivity contribution is -0.277. The summed E-state index contributed by atoms with van der Waals surface area (Å²) in [6.07, 6.45) is -3.63. The molecule has 13 heteroatoms. The van der Waals surface area contributed by atoms with Gasteiger partial charge in [-0.1, -0.05) is 32.1 Å². The lowest BCUT2D eigenvalue weighted by atomic mass is 9.42. The van der Waals surface area contributed by atoms with Crippen LogP contribution in [-0.4, -0.2) is 113 Å². The highest BCUT2D eigenvalue weighted by Gasteiger charge is 2.72. The monoisotopic (exact) mass is 704 g/mol. The van der Waals surface area contributed by atoms with E-state index >= 15 is 0 Å². The normalized spacial score (nSPS) is 40.1. The highest BCUT2D eigenvalue weighted by molar-refractivity contribution is 5.95. The number of aliphatic hydroxyl groups excluding tert-OH is 6. The van der Waals surface area contributed by atoms with Crippen molar-refractivity contribution in [2.75, 3.05) is 6.61 Å². The average molecular weight is 705 g/mol. The molecule has 3 fully saturated rings. The van der Waals surface area contributed by atoms with Crippen molar-refractivity contribution in [3.63, 3.8) is 0 Å².